The van der Waals surface area contributed by atoms with Gasteiger partial charge in [0.15, 0.2) is 0 Å². The van der Waals surface area contributed by atoms with Crippen LogP contribution in [0.15, 0.2) is 16.5 Å². The van der Waals surface area contributed by atoms with E-state index >= 15 is 0 Å². The van der Waals surface area contributed by atoms with Crippen LogP contribution < -0.4 is 5.32 Å². The molecule has 0 spiro atoms. The summed E-state index contributed by atoms with van der Waals surface area (Å²) >= 11 is 0. The zero-order valence-electron chi connectivity index (χ0n) is 13.8. The fourth-order valence-electron chi connectivity index (χ4n) is 3.21. The van der Waals surface area contributed by atoms with Gasteiger partial charge in [-0.15, -0.1) is 0 Å². The standard InChI is InChI=1S/C18H26N2O3/c1-13-12-15(13)16-7-5-14(23-16)6-8-17(21)19-9-3-11-20-10-2-4-18(20)22/h5,7,13,15H,2-4,6,8-12H2,1H3,(H,19,21)/t13-,15+/m0/s1. The van der Waals surface area contributed by atoms with Crippen molar-refractivity contribution in [2.24, 2.45) is 5.92 Å². The Morgan fingerprint density at radius 3 is 2.96 bits per heavy atom. The van der Waals surface area contributed by atoms with Crippen LogP contribution in [0.25, 0.3) is 0 Å². The molecule has 1 saturated heterocycles. The van der Waals surface area contributed by atoms with E-state index < -0.39 is 0 Å². The van der Waals surface area contributed by atoms with Gasteiger partial charge in [-0.1, -0.05) is 6.92 Å². The van der Waals surface area contributed by atoms with Crippen LogP contribution in [-0.2, 0) is 16.0 Å². The molecule has 5 nitrogen and oxygen atoms in total. The molecule has 126 valence electrons. The zero-order valence-corrected chi connectivity index (χ0v) is 13.8. The van der Waals surface area contributed by atoms with Gasteiger partial charge < -0.3 is 14.6 Å². The molecule has 0 unspecified atom stereocenters. The maximum absolute atomic E-state index is 11.8. The Bertz CT molecular complexity index is 566. The van der Waals surface area contributed by atoms with Crippen LogP contribution in [0.1, 0.15) is 56.5 Å². The number of nitrogens with one attached hydrogen (secondary N) is 1. The largest absolute Gasteiger partial charge is 0.466 e. The molecule has 5 heteroatoms. The van der Waals surface area contributed by atoms with Crippen molar-refractivity contribution < 1.29 is 14.0 Å². The van der Waals surface area contributed by atoms with Gasteiger partial charge in [-0.2, -0.15) is 0 Å². The van der Waals surface area contributed by atoms with Crippen molar-refractivity contribution in [3.8, 4) is 0 Å². The highest BCUT2D eigenvalue weighted by Crippen LogP contribution is 2.47. The first-order chi connectivity index (χ1) is 11.1. The molecule has 1 aliphatic carbocycles. The van der Waals surface area contributed by atoms with Gasteiger partial charge in [0.2, 0.25) is 11.8 Å². The molecule has 2 amide bonds. The molecule has 2 atom stereocenters. The van der Waals surface area contributed by atoms with E-state index in [0.717, 1.165) is 43.4 Å². The molecule has 3 rings (SSSR count). The number of carbonyl (C=O) groups is 2. The maximum Gasteiger partial charge on any atom is 0.222 e. The third-order valence-electron chi connectivity index (χ3n) is 4.85. The number of carbonyl (C=O) groups excluding carboxylic acids is 2. The van der Waals surface area contributed by atoms with E-state index in [-0.39, 0.29) is 11.8 Å². The van der Waals surface area contributed by atoms with Gasteiger partial charge in [-0.05, 0) is 37.3 Å². The fourth-order valence-corrected chi connectivity index (χ4v) is 3.21. The first-order valence-electron chi connectivity index (χ1n) is 8.76. The second kappa shape index (κ2) is 7.20. The number of nitrogens with zero attached hydrogens (tertiary/aromatic N) is 1. The molecule has 2 fully saturated rings. The average Bonchev–Trinajstić information content (AvgIpc) is 2.93. The second-order valence-corrected chi connectivity index (χ2v) is 6.81. The molecular formula is C18H26N2O3. The highest BCUT2D eigenvalue weighted by atomic mass is 16.3. The van der Waals surface area contributed by atoms with Crippen molar-refractivity contribution in [3.63, 3.8) is 0 Å². The molecule has 1 saturated carbocycles. The Kier molecular flexibility index (Phi) is 5.03. The number of rotatable bonds is 8. The number of aryl methyl sites for hydroxylation is 1. The summed E-state index contributed by atoms with van der Waals surface area (Å²) in [7, 11) is 0. The number of hydrogen-bond donors (Lipinski definition) is 1. The first kappa shape index (κ1) is 16.1. The normalized spacial score (nSPS) is 23.3. The lowest BCUT2D eigenvalue weighted by Gasteiger charge is -2.15. The van der Waals surface area contributed by atoms with E-state index in [4.69, 9.17) is 4.42 Å². The molecule has 23 heavy (non-hydrogen) atoms. The average molecular weight is 318 g/mol. The van der Waals surface area contributed by atoms with Gasteiger partial charge in [-0.25, -0.2) is 0 Å². The Balaban J connectivity index is 1.29. The number of amides is 2. The third kappa shape index (κ3) is 4.36. The molecule has 0 bridgehead atoms. The van der Waals surface area contributed by atoms with Crippen LogP contribution in [0.2, 0.25) is 0 Å². The number of furan rings is 1. The van der Waals surface area contributed by atoms with Gasteiger partial charge >= 0.3 is 0 Å². The van der Waals surface area contributed by atoms with Gasteiger partial charge in [0, 0.05) is 44.8 Å². The van der Waals surface area contributed by atoms with E-state index in [1.165, 1.54) is 6.42 Å². The predicted octanol–water partition coefficient (Wildman–Crippen LogP) is 2.46. The molecule has 1 aliphatic heterocycles. The highest BCUT2D eigenvalue weighted by molar-refractivity contribution is 5.78. The van der Waals surface area contributed by atoms with E-state index in [1.54, 1.807) is 0 Å². The summed E-state index contributed by atoms with van der Waals surface area (Å²) in [5.74, 6) is 3.59. The van der Waals surface area contributed by atoms with E-state index in [1.807, 2.05) is 11.0 Å². The second-order valence-electron chi connectivity index (χ2n) is 6.81. The molecule has 0 radical (unpaired) electrons. The lowest BCUT2D eigenvalue weighted by Crippen LogP contribution is -2.30. The van der Waals surface area contributed by atoms with E-state index in [0.29, 0.717) is 31.7 Å². The van der Waals surface area contributed by atoms with Crippen molar-refractivity contribution in [3.05, 3.63) is 23.7 Å². The Morgan fingerprint density at radius 2 is 2.26 bits per heavy atom. The Morgan fingerprint density at radius 1 is 1.43 bits per heavy atom. The molecule has 1 N–H and O–H groups in total. The highest BCUT2D eigenvalue weighted by Gasteiger charge is 2.36. The van der Waals surface area contributed by atoms with Crippen LogP contribution in [0.3, 0.4) is 0 Å². The van der Waals surface area contributed by atoms with Crippen LogP contribution in [0.4, 0.5) is 0 Å². The number of hydrogen-bond acceptors (Lipinski definition) is 3. The minimum Gasteiger partial charge on any atom is -0.466 e. The predicted molar refractivity (Wildman–Crippen MR) is 87.0 cm³/mol. The van der Waals surface area contributed by atoms with Crippen LogP contribution in [0.5, 0.6) is 0 Å². The minimum absolute atomic E-state index is 0.0514. The lowest BCUT2D eigenvalue weighted by molar-refractivity contribution is -0.127. The summed E-state index contributed by atoms with van der Waals surface area (Å²) in [6, 6.07) is 4.04. The van der Waals surface area contributed by atoms with Crippen molar-refractivity contribution in [2.45, 2.75) is 51.4 Å². The van der Waals surface area contributed by atoms with Gasteiger partial charge in [0.25, 0.3) is 0 Å². The smallest absolute Gasteiger partial charge is 0.222 e. The quantitative estimate of drug-likeness (QED) is 0.749. The van der Waals surface area contributed by atoms with E-state index in [2.05, 4.69) is 18.3 Å². The van der Waals surface area contributed by atoms with Crippen LogP contribution >= 0.6 is 0 Å². The molecule has 1 aromatic heterocycles. The monoisotopic (exact) mass is 318 g/mol. The minimum atomic E-state index is 0.0514. The van der Waals surface area contributed by atoms with E-state index in [9.17, 15) is 9.59 Å². The summed E-state index contributed by atoms with van der Waals surface area (Å²) in [5, 5.41) is 2.92. The van der Waals surface area contributed by atoms with Crippen LogP contribution in [-0.4, -0.2) is 36.3 Å². The zero-order chi connectivity index (χ0) is 16.2. The molecule has 2 aliphatic rings. The number of likely N-dealkylation sites (tertiary alicyclic amines) is 1. The molecule has 2 heterocycles. The van der Waals surface area contributed by atoms with Gasteiger partial charge in [0.1, 0.15) is 11.5 Å². The fraction of sp³-hybridized carbons (Fsp3) is 0.667. The van der Waals surface area contributed by atoms with Gasteiger partial charge in [0.05, 0.1) is 0 Å². The molecule has 0 aromatic carbocycles. The Labute approximate surface area is 137 Å². The summed E-state index contributed by atoms with van der Waals surface area (Å²) < 4.78 is 5.81. The summed E-state index contributed by atoms with van der Waals surface area (Å²) in [6.45, 7) is 4.48. The third-order valence-corrected chi connectivity index (χ3v) is 4.85. The van der Waals surface area contributed by atoms with Crippen LogP contribution in [0, 0.1) is 5.92 Å². The summed E-state index contributed by atoms with van der Waals surface area (Å²) in [4.78, 5) is 25.2. The van der Waals surface area contributed by atoms with Gasteiger partial charge in [-0.3, -0.25) is 9.59 Å². The van der Waals surface area contributed by atoms with Crippen molar-refractivity contribution in [1.29, 1.82) is 0 Å². The topological polar surface area (TPSA) is 62.6 Å². The molecule has 1 aromatic rings. The van der Waals surface area contributed by atoms with Crippen molar-refractivity contribution >= 4 is 11.8 Å². The molecular weight excluding hydrogens is 292 g/mol. The summed E-state index contributed by atoms with van der Waals surface area (Å²) in [5.41, 5.74) is 0. The maximum atomic E-state index is 11.8. The van der Waals surface area contributed by atoms with Crippen molar-refractivity contribution in [2.75, 3.05) is 19.6 Å². The van der Waals surface area contributed by atoms with Crippen molar-refractivity contribution in [1.82, 2.24) is 10.2 Å². The first-order valence-corrected chi connectivity index (χ1v) is 8.76. The lowest BCUT2D eigenvalue weighted by atomic mass is 10.2. The SMILES string of the molecule is C[C@H]1C[C@H]1c1ccc(CCC(=O)NCCCN2CCCC2=O)o1. The Hall–Kier alpha value is -1.78. The summed E-state index contributed by atoms with van der Waals surface area (Å²) in [6.07, 6.45) is 4.79.